The molecule has 2 aliphatic rings. The molecule has 6 heteroatoms. The maximum absolute atomic E-state index is 13.6. The van der Waals surface area contributed by atoms with E-state index in [2.05, 4.69) is 0 Å². The molecule has 1 unspecified atom stereocenters. The standard InChI is InChI=1S/C20H19FN2O3/c21-14-8-7-13-9-11-23(17(13)12-14)20(26)16-5-3-10-22(16)19(25)15-4-1-2-6-18(15)24/h1-2,4,6-8,12,16,24H,3,5,9-11H2. The van der Waals surface area contributed by atoms with Gasteiger partial charge in [-0.15, -0.1) is 0 Å². The number of carbonyl (C=O) groups is 2. The quantitative estimate of drug-likeness (QED) is 0.902. The summed E-state index contributed by atoms with van der Waals surface area (Å²) >= 11 is 0. The number of aromatic hydroxyl groups is 1. The minimum absolute atomic E-state index is 0.0933. The second-order valence-corrected chi connectivity index (χ2v) is 6.69. The fraction of sp³-hybridized carbons (Fsp3) is 0.300. The van der Waals surface area contributed by atoms with Crippen LogP contribution >= 0.6 is 0 Å². The maximum Gasteiger partial charge on any atom is 0.258 e. The molecule has 0 bridgehead atoms. The molecule has 2 aliphatic heterocycles. The summed E-state index contributed by atoms with van der Waals surface area (Å²) in [6.07, 6.45) is 1.97. The third kappa shape index (κ3) is 2.71. The van der Waals surface area contributed by atoms with Crippen molar-refractivity contribution in [2.45, 2.75) is 25.3 Å². The first-order valence-corrected chi connectivity index (χ1v) is 8.75. The van der Waals surface area contributed by atoms with Gasteiger partial charge < -0.3 is 14.9 Å². The monoisotopic (exact) mass is 354 g/mol. The SMILES string of the molecule is O=C(C1CCCN1C(=O)c1ccccc1O)N1CCc2ccc(F)cc21. The number of para-hydroxylation sites is 1. The van der Waals surface area contributed by atoms with E-state index in [0.717, 1.165) is 12.0 Å². The van der Waals surface area contributed by atoms with E-state index in [4.69, 9.17) is 0 Å². The van der Waals surface area contributed by atoms with Crippen LogP contribution < -0.4 is 4.90 Å². The smallest absolute Gasteiger partial charge is 0.258 e. The Balaban J connectivity index is 1.60. The van der Waals surface area contributed by atoms with Crippen molar-refractivity contribution < 1.29 is 19.1 Å². The van der Waals surface area contributed by atoms with Gasteiger partial charge in [0.05, 0.1) is 5.56 Å². The third-order valence-corrected chi connectivity index (χ3v) is 5.14. The molecular weight excluding hydrogens is 335 g/mol. The number of rotatable bonds is 2. The zero-order valence-electron chi connectivity index (χ0n) is 14.2. The fourth-order valence-corrected chi connectivity index (χ4v) is 3.84. The van der Waals surface area contributed by atoms with E-state index >= 15 is 0 Å². The van der Waals surface area contributed by atoms with E-state index in [1.165, 1.54) is 23.1 Å². The number of amides is 2. The van der Waals surface area contributed by atoms with Crippen molar-refractivity contribution >= 4 is 17.5 Å². The molecule has 1 saturated heterocycles. The summed E-state index contributed by atoms with van der Waals surface area (Å²) in [5, 5.41) is 9.95. The number of fused-ring (bicyclic) bond motifs is 1. The van der Waals surface area contributed by atoms with Crippen LogP contribution in [0, 0.1) is 5.82 Å². The number of likely N-dealkylation sites (tertiary alicyclic amines) is 1. The van der Waals surface area contributed by atoms with Crippen LogP contribution in [0.2, 0.25) is 0 Å². The Bertz CT molecular complexity index is 883. The summed E-state index contributed by atoms with van der Waals surface area (Å²) in [7, 11) is 0. The molecule has 0 radical (unpaired) electrons. The molecule has 0 aliphatic carbocycles. The normalized spacial score (nSPS) is 18.9. The molecule has 1 fully saturated rings. The van der Waals surface area contributed by atoms with Gasteiger partial charge in [0.1, 0.15) is 17.6 Å². The lowest BCUT2D eigenvalue weighted by Crippen LogP contribution is -2.47. The van der Waals surface area contributed by atoms with Crippen LogP contribution in [0.15, 0.2) is 42.5 Å². The molecular formula is C20H19FN2O3. The summed E-state index contributed by atoms with van der Waals surface area (Å²) in [5.41, 5.74) is 1.73. The van der Waals surface area contributed by atoms with Gasteiger partial charge in [0.2, 0.25) is 5.91 Å². The van der Waals surface area contributed by atoms with Crippen LogP contribution in [0.4, 0.5) is 10.1 Å². The Hall–Kier alpha value is -2.89. The lowest BCUT2D eigenvalue weighted by atomic mass is 10.1. The van der Waals surface area contributed by atoms with Gasteiger partial charge in [-0.25, -0.2) is 4.39 Å². The van der Waals surface area contributed by atoms with Gasteiger partial charge in [0.15, 0.2) is 0 Å². The number of carbonyl (C=O) groups excluding carboxylic acids is 2. The number of nitrogens with zero attached hydrogens (tertiary/aromatic N) is 2. The van der Waals surface area contributed by atoms with E-state index < -0.39 is 6.04 Å². The maximum atomic E-state index is 13.6. The highest BCUT2D eigenvalue weighted by Crippen LogP contribution is 2.32. The Kier molecular flexibility index (Phi) is 4.11. The average molecular weight is 354 g/mol. The van der Waals surface area contributed by atoms with Crippen molar-refractivity contribution in [1.29, 1.82) is 0 Å². The molecule has 1 atom stereocenters. The van der Waals surface area contributed by atoms with Crippen molar-refractivity contribution in [1.82, 2.24) is 4.90 Å². The van der Waals surface area contributed by atoms with E-state index in [1.54, 1.807) is 29.2 Å². The Morgan fingerprint density at radius 2 is 1.92 bits per heavy atom. The molecule has 4 rings (SSSR count). The van der Waals surface area contributed by atoms with Gasteiger partial charge in [0.25, 0.3) is 5.91 Å². The van der Waals surface area contributed by atoms with Crippen LogP contribution in [0.25, 0.3) is 0 Å². The first-order valence-electron chi connectivity index (χ1n) is 8.75. The van der Waals surface area contributed by atoms with Gasteiger partial charge in [-0.2, -0.15) is 0 Å². The molecule has 1 N–H and O–H groups in total. The van der Waals surface area contributed by atoms with Crippen LogP contribution in [-0.2, 0) is 11.2 Å². The Morgan fingerprint density at radius 1 is 1.12 bits per heavy atom. The molecule has 2 aromatic carbocycles. The number of hydrogen-bond acceptors (Lipinski definition) is 3. The number of benzene rings is 2. The minimum Gasteiger partial charge on any atom is -0.507 e. The van der Waals surface area contributed by atoms with Crippen molar-refractivity contribution in [2.75, 3.05) is 18.0 Å². The topological polar surface area (TPSA) is 60.9 Å². The predicted octanol–water partition coefficient (Wildman–Crippen LogP) is 2.73. The molecule has 0 aromatic heterocycles. The van der Waals surface area contributed by atoms with Crippen LogP contribution in [0.3, 0.4) is 0 Å². The van der Waals surface area contributed by atoms with Crippen molar-refractivity contribution in [3.63, 3.8) is 0 Å². The average Bonchev–Trinajstić information content (AvgIpc) is 3.28. The Labute approximate surface area is 150 Å². The van der Waals surface area contributed by atoms with E-state index in [9.17, 15) is 19.1 Å². The van der Waals surface area contributed by atoms with Crippen LogP contribution in [0.5, 0.6) is 5.75 Å². The zero-order chi connectivity index (χ0) is 18.3. The number of phenolic OH excluding ortho intramolecular Hbond substituents is 1. The number of phenols is 1. The number of halogens is 1. The molecule has 2 amide bonds. The van der Waals surface area contributed by atoms with E-state index in [-0.39, 0.29) is 28.9 Å². The Morgan fingerprint density at radius 3 is 2.73 bits per heavy atom. The first-order chi connectivity index (χ1) is 12.6. The third-order valence-electron chi connectivity index (χ3n) is 5.14. The summed E-state index contributed by atoms with van der Waals surface area (Å²) in [5.74, 6) is -1.01. The molecule has 5 nitrogen and oxygen atoms in total. The number of anilines is 1. The van der Waals surface area contributed by atoms with Crippen molar-refractivity contribution in [3.8, 4) is 5.75 Å². The van der Waals surface area contributed by atoms with Gasteiger partial charge in [-0.05, 0) is 49.1 Å². The molecule has 26 heavy (non-hydrogen) atoms. The van der Waals surface area contributed by atoms with Crippen LogP contribution in [-0.4, -0.2) is 41.0 Å². The summed E-state index contributed by atoms with van der Waals surface area (Å²) in [6.45, 7) is 0.958. The zero-order valence-corrected chi connectivity index (χ0v) is 14.2. The van der Waals surface area contributed by atoms with Crippen molar-refractivity contribution in [3.05, 3.63) is 59.4 Å². The predicted molar refractivity (Wildman–Crippen MR) is 94.6 cm³/mol. The lowest BCUT2D eigenvalue weighted by Gasteiger charge is -2.28. The van der Waals surface area contributed by atoms with E-state index in [0.29, 0.717) is 31.6 Å². The lowest BCUT2D eigenvalue weighted by molar-refractivity contribution is -0.122. The highest BCUT2D eigenvalue weighted by atomic mass is 19.1. The second-order valence-electron chi connectivity index (χ2n) is 6.69. The molecule has 2 aromatic rings. The molecule has 2 heterocycles. The van der Waals surface area contributed by atoms with Gasteiger partial charge in [-0.3, -0.25) is 9.59 Å². The van der Waals surface area contributed by atoms with Crippen LogP contribution in [0.1, 0.15) is 28.8 Å². The van der Waals surface area contributed by atoms with E-state index in [1.807, 2.05) is 0 Å². The van der Waals surface area contributed by atoms with Crippen molar-refractivity contribution in [2.24, 2.45) is 0 Å². The second kappa shape index (κ2) is 6.44. The molecule has 0 spiro atoms. The van der Waals surface area contributed by atoms with Gasteiger partial charge in [0, 0.05) is 18.8 Å². The highest BCUT2D eigenvalue weighted by molar-refractivity contribution is 6.04. The first kappa shape index (κ1) is 16.6. The largest absolute Gasteiger partial charge is 0.507 e. The molecule has 0 saturated carbocycles. The van der Waals surface area contributed by atoms with Gasteiger partial charge in [-0.1, -0.05) is 18.2 Å². The fourth-order valence-electron chi connectivity index (χ4n) is 3.84. The van der Waals surface area contributed by atoms with Gasteiger partial charge >= 0.3 is 0 Å². The summed E-state index contributed by atoms with van der Waals surface area (Å²) in [4.78, 5) is 29.0. The summed E-state index contributed by atoms with van der Waals surface area (Å²) in [6, 6.07) is 10.2. The highest BCUT2D eigenvalue weighted by Gasteiger charge is 2.39. The summed E-state index contributed by atoms with van der Waals surface area (Å²) < 4.78 is 13.6. The minimum atomic E-state index is -0.587. The molecule has 134 valence electrons. The number of hydrogen-bond donors (Lipinski definition) is 1.